The van der Waals surface area contributed by atoms with E-state index in [4.69, 9.17) is 12.2 Å². The second kappa shape index (κ2) is 8.44. The maximum atomic E-state index is 12.8. The van der Waals surface area contributed by atoms with Crippen LogP contribution < -0.4 is 10.6 Å². The van der Waals surface area contributed by atoms with Gasteiger partial charge >= 0.3 is 0 Å². The van der Waals surface area contributed by atoms with Crippen molar-refractivity contribution in [2.75, 3.05) is 31.5 Å². The molecule has 3 nitrogen and oxygen atoms in total. The molecule has 1 heterocycles. The summed E-state index contributed by atoms with van der Waals surface area (Å²) in [6, 6.07) is 6.20. The summed E-state index contributed by atoms with van der Waals surface area (Å²) in [5.41, 5.74) is 0.803. The van der Waals surface area contributed by atoms with Crippen LogP contribution in [0.15, 0.2) is 24.3 Å². The lowest BCUT2D eigenvalue weighted by Crippen LogP contribution is -2.40. The zero-order valence-corrected chi connectivity index (χ0v) is 14.3. The van der Waals surface area contributed by atoms with Crippen molar-refractivity contribution in [1.29, 1.82) is 0 Å². The van der Waals surface area contributed by atoms with Gasteiger partial charge in [0, 0.05) is 25.3 Å². The number of nitrogens with zero attached hydrogens (tertiary/aromatic N) is 1. The number of benzene rings is 1. The third-order valence-corrected chi connectivity index (χ3v) is 4.23. The maximum absolute atomic E-state index is 12.8. The normalized spacial score (nSPS) is 22.3. The van der Waals surface area contributed by atoms with Gasteiger partial charge in [-0.25, -0.2) is 4.39 Å². The van der Waals surface area contributed by atoms with Gasteiger partial charge in [0.1, 0.15) is 5.82 Å². The van der Waals surface area contributed by atoms with Crippen LogP contribution in [0.2, 0.25) is 0 Å². The van der Waals surface area contributed by atoms with Gasteiger partial charge in [-0.1, -0.05) is 13.8 Å². The summed E-state index contributed by atoms with van der Waals surface area (Å²) in [5.74, 6) is 1.37. The molecule has 0 spiro atoms. The van der Waals surface area contributed by atoms with Crippen molar-refractivity contribution in [3.63, 3.8) is 0 Å². The van der Waals surface area contributed by atoms with E-state index in [-0.39, 0.29) is 5.82 Å². The quantitative estimate of drug-likeness (QED) is 0.641. The summed E-state index contributed by atoms with van der Waals surface area (Å²) < 4.78 is 12.8. The van der Waals surface area contributed by atoms with Gasteiger partial charge in [0.25, 0.3) is 0 Å². The standard InChI is InChI=1S/C17H26FN3S/c1-13-10-14(2)12-21(11-13)9-3-8-19-17(22)20-16-6-4-15(18)5-7-16/h4-7,13-14H,3,8-12H2,1-2H3,(H2,19,20,22). The number of piperidine rings is 1. The van der Waals surface area contributed by atoms with Crippen LogP contribution in [0.3, 0.4) is 0 Å². The molecule has 2 atom stereocenters. The highest BCUT2D eigenvalue weighted by molar-refractivity contribution is 7.80. The highest BCUT2D eigenvalue weighted by atomic mass is 32.1. The average Bonchev–Trinajstić information content (AvgIpc) is 2.45. The van der Waals surface area contributed by atoms with E-state index in [1.807, 2.05) is 0 Å². The molecule has 2 rings (SSSR count). The van der Waals surface area contributed by atoms with Crippen LogP contribution in [-0.2, 0) is 0 Å². The highest BCUT2D eigenvalue weighted by Gasteiger charge is 2.20. The summed E-state index contributed by atoms with van der Waals surface area (Å²) >= 11 is 5.25. The van der Waals surface area contributed by atoms with Crippen molar-refractivity contribution in [3.8, 4) is 0 Å². The molecule has 1 aliphatic heterocycles. The maximum Gasteiger partial charge on any atom is 0.170 e. The largest absolute Gasteiger partial charge is 0.362 e. The summed E-state index contributed by atoms with van der Waals surface area (Å²) in [7, 11) is 0. The van der Waals surface area contributed by atoms with Gasteiger partial charge in [-0.15, -0.1) is 0 Å². The minimum absolute atomic E-state index is 0.241. The molecule has 1 aliphatic rings. The minimum atomic E-state index is -0.241. The first-order chi connectivity index (χ1) is 10.5. The zero-order chi connectivity index (χ0) is 15.9. The fraction of sp³-hybridized carbons (Fsp3) is 0.588. The fourth-order valence-electron chi connectivity index (χ4n) is 3.19. The van der Waals surface area contributed by atoms with Crippen LogP contribution in [0, 0.1) is 17.7 Å². The van der Waals surface area contributed by atoms with E-state index in [2.05, 4.69) is 29.4 Å². The molecule has 0 aromatic heterocycles. The number of halogens is 1. The third-order valence-electron chi connectivity index (χ3n) is 3.98. The van der Waals surface area contributed by atoms with Crippen molar-refractivity contribution < 1.29 is 4.39 Å². The van der Waals surface area contributed by atoms with Crippen LogP contribution in [0.4, 0.5) is 10.1 Å². The summed E-state index contributed by atoms with van der Waals surface area (Å²) in [5, 5.41) is 6.86. The van der Waals surface area contributed by atoms with Crippen LogP contribution in [0.1, 0.15) is 26.7 Å². The molecule has 2 N–H and O–H groups in total. The van der Waals surface area contributed by atoms with E-state index in [0.717, 1.165) is 37.0 Å². The molecule has 1 saturated heterocycles. The van der Waals surface area contributed by atoms with E-state index >= 15 is 0 Å². The third kappa shape index (κ3) is 5.89. The van der Waals surface area contributed by atoms with Crippen molar-refractivity contribution in [2.24, 2.45) is 11.8 Å². The van der Waals surface area contributed by atoms with E-state index in [1.165, 1.54) is 31.6 Å². The number of anilines is 1. The Bertz CT molecular complexity index is 467. The van der Waals surface area contributed by atoms with Crippen LogP contribution in [0.5, 0.6) is 0 Å². The molecule has 2 unspecified atom stereocenters. The molecule has 0 aliphatic carbocycles. The smallest absolute Gasteiger partial charge is 0.170 e. The van der Waals surface area contributed by atoms with Gasteiger partial charge in [-0.3, -0.25) is 0 Å². The summed E-state index contributed by atoms with van der Waals surface area (Å²) in [4.78, 5) is 2.55. The molecule has 0 amide bonds. The van der Waals surface area contributed by atoms with Gasteiger partial charge in [0.05, 0.1) is 0 Å². The van der Waals surface area contributed by atoms with E-state index in [1.54, 1.807) is 12.1 Å². The van der Waals surface area contributed by atoms with Crippen LogP contribution in [0.25, 0.3) is 0 Å². The Kier molecular flexibility index (Phi) is 6.58. The molecule has 1 fully saturated rings. The van der Waals surface area contributed by atoms with Crippen molar-refractivity contribution >= 4 is 23.0 Å². The SMILES string of the molecule is CC1CC(C)CN(CCCNC(=S)Nc2ccc(F)cc2)C1. The van der Waals surface area contributed by atoms with E-state index < -0.39 is 0 Å². The number of likely N-dealkylation sites (tertiary alicyclic amines) is 1. The molecule has 1 aromatic rings. The molecule has 0 saturated carbocycles. The second-order valence-electron chi connectivity index (χ2n) is 6.45. The van der Waals surface area contributed by atoms with Gasteiger partial charge in [-0.05, 0) is 67.7 Å². The molecular weight excluding hydrogens is 297 g/mol. The number of nitrogens with one attached hydrogen (secondary N) is 2. The van der Waals surface area contributed by atoms with Gasteiger partial charge in [0.15, 0.2) is 5.11 Å². The molecule has 1 aromatic carbocycles. The van der Waals surface area contributed by atoms with Gasteiger partial charge < -0.3 is 15.5 Å². The Hall–Kier alpha value is -1.20. The van der Waals surface area contributed by atoms with Crippen molar-refractivity contribution in [3.05, 3.63) is 30.1 Å². The molecule has 0 radical (unpaired) electrons. The minimum Gasteiger partial charge on any atom is -0.362 e. The molecule has 0 bridgehead atoms. The number of thiocarbonyl (C=S) groups is 1. The lowest BCUT2D eigenvalue weighted by molar-refractivity contribution is 0.140. The van der Waals surface area contributed by atoms with Gasteiger partial charge in [-0.2, -0.15) is 0 Å². The summed E-state index contributed by atoms with van der Waals surface area (Å²) in [6.07, 6.45) is 2.42. The van der Waals surface area contributed by atoms with Crippen molar-refractivity contribution in [2.45, 2.75) is 26.7 Å². The molecule has 122 valence electrons. The topological polar surface area (TPSA) is 27.3 Å². The lowest BCUT2D eigenvalue weighted by atomic mass is 9.92. The fourth-order valence-corrected chi connectivity index (χ4v) is 3.41. The number of hydrogen-bond acceptors (Lipinski definition) is 2. The molecule has 22 heavy (non-hydrogen) atoms. The molecule has 5 heteroatoms. The Morgan fingerprint density at radius 2 is 1.86 bits per heavy atom. The zero-order valence-electron chi connectivity index (χ0n) is 13.4. The van der Waals surface area contributed by atoms with Crippen molar-refractivity contribution in [1.82, 2.24) is 10.2 Å². The van der Waals surface area contributed by atoms with E-state index in [9.17, 15) is 4.39 Å². The highest BCUT2D eigenvalue weighted by Crippen LogP contribution is 2.20. The second-order valence-corrected chi connectivity index (χ2v) is 6.86. The first kappa shape index (κ1) is 17.2. The Morgan fingerprint density at radius 1 is 1.23 bits per heavy atom. The Labute approximate surface area is 138 Å². The Morgan fingerprint density at radius 3 is 2.50 bits per heavy atom. The average molecular weight is 323 g/mol. The lowest BCUT2D eigenvalue weighted by Gasteiger charge is -2.34. The molecular formula is C17H26FN3S. The van der Waals surface area contributed by atoms with Crippen LogP contribution in [-0.4, -0.2) is 36.2 Å². The van der Waals surface area contributed by atoms with Gasteiger partial charge in [0.2, 0.25) is 0 Å². The number of rotatable bonds is 5. The monoisotopic (exact) mass is 323 g/mol. The first-order valence-electron chi connectivity index (χ1n) is 8.05. The van der Waals surface area contributed by atoms with Crippen LogP contribution >= 0.6 is 12.2 Å². The Balaban J connectivity index is 1.62. The predicted molar refractivity (Wildman–Crippen MR) is 94.6 cm³/mol. The number of hydrogen-bond donors (Lipinski definition) is 2. The predicted octanol–water partition coefficient (Wildman–Crippen LogP) is 3.48. The first-order valence-corrected chi connectivity index (χ1v) is 8.46. The summed E-state index contributed by atoms with van der Waals surface area (Å²) in [6.45, 7) is 9.06. The van der Waals surface area contributed by atoms with E-state index in [0.29, 0.717) is 5.11 Å².